The molecule has 0 aliphatic rings. The van der Waals surface area contributed by atoms with Crippen LogP contribution in [0.3, 0.4) is 0 Å². The zero-order valence-electron chi connectivity index (χ0n) is 16.0. The molecule has 0 aliphatic carbocycles. The smallest absolute Gasteiger partial charge is 0.274 e. The summed E-state index contributed by atoms with van der Waals surface area (Å²) in [5.41, 5.74) is 2.54. The summed E-state index contributed by atoms with van der Waals surface area (Å²) in [6.07, 6.45) is 3.37. The van der Waals surface area contributed by atoms with Gasteiger partial charge in [0, 0.05) is 6.20 Å². The average molecular weight is 367 g/mol. The minimum atomic E-state index is -0.222. The number of amides is 1. The summed E-state index contributed by atoms with van der Waals surface area (Å²) in [5, 5.41) is 2.97. The van der Waals surface area contributed by atoms with E-state index in [1.54, 1.807) is 4.40 Å². The maximum atomic E-state index is 13.1. The topological polar surface area (TPSA) is 64.9 Å². The summed E-state index contributed by atoms with van der Waals surface area (Å²) in [7, 11) is 0. The third kappa shape index (κ3) is 3.89. The summed E-state index contributed by atoms with van der Waals surface area (Å²) in [4.78, 5) is 17.7. The Bertz CT molecular complexity index is 934. The number of ether oxygens (including phenoxy) is 2. The van der Waals surface area contributed by atoms with E-state index >= 15 is 0 Å². The molecular formula is C21H25N3O3. The van der Waals surface area contributed by atoms with Crippen LogP contribution in [-0.2, 0) is 6.42 Å². The number of nitrogens with one attached hydrogen (secondary N) is 1. The van der Waals surface area contributed by atoms with Crippen molar-refractivity contribution in [2.75, 3.05) is 18.5 Å². The van der Waals surface area contributed by atoms with Crippen molar-refractivity contribution in [3.05, 3.63) is 54.0 Å². The molecule has 0 saturated heterocycles. The molecule has 0 saturated carbocycles. The van der Waals surface area contributed by atoms with E-state index < -0.39 is 0 Å². The predicted molar refractivity (Wildman–Crippen MR) is 106 cm³/mol. The summed E-state index contributed by atoms with van der Waals surface area (Å²) < 4.78 is 13.2. The Morgan fingerprint density at radius 1 is 1.07 bits per heavy atom. The van der Waals surface area contributed by atoms with Crippen LogP contribution < -0.4 is 14.8 Å². The highest BCUT2D eigenvalue weighted by atomic mass is 16.5. The molecule has 0 spiro atoms. The molecule has 3 aromatic rings. The zero-order chi connectivity index (χ0) is 19.2. The summed E-state index contributed by atoms with van der Waals surface area (Å²) in [5.74, 6) is 1.11. The number of benzene rings is 1. The van der Waals surface area contributed by atoms with Crippen LogP contribution in [0.4, 0.5) is 5.69 Å². The van der Waals surface area contributed by atoms with Gasteiger partial charge >= 0.3 is 0 Å². The quantitative estimate of drug-likeness (QED) is 0.643. The van der Waals surface area contributed by atoms with Crippen molar-refractivity contribution in [2.45, 2.75) is 33.6 Å². The molecule has 0 radical (unpaired) electrons. The van der Waals surface area contributed by atoms with Crippen LogP contribution in [0.25, 0.3) is 5.65 Å². The molecule has 1 amide bonds. The van der Waals surface area contributed by atoms with Crippen molar-refractivity contribution in [2.24, 2.45) is 0 Å². The molecule has 0 aliphatic heterocycles. The first kappa shape index (κ1) is 18.8. The number of carbonyl (C=O) groups excluding carboxylic acids is 1. The molecule has 0 bridgehead atoms. The highest BCUT2D eigenvalue weighted by Crippen LogP contribution is 2.27. The number of imidazole rings is 1. The highest BCUT2D eigenvalue weighted by molar-refractivity contribution is 6.05. The Morgan fingerprint density at radius 3 is 2.59 bits per heavy atom. The summed E-state index contributed by atoms with van der Waals surface area (Å²) in [6, 6.07) is 11.2. The molecule has 6 nitrogen and oxygen atoms in total. The first-order valence-corrected chi connectivity index (χ1v) is 9.35. The normalized spacial score (nSPS) is 10.8. The SMILES string of the molecule is CCCOc1ccccc1NC(=O)c1c(CC)nc2c(OCC)cccn12. The first-order valence-electron chi connectivity index (χ1n) is 9.35. The second kappa shape index (κ2) is 8.58. The average Bonchev–Trinajstić information content (AvgIpc) is 3.07. The Hall–Kier alpha value is -3.02. The van der Waals surface area contributed by atoms with Gasteiger partial charge in [-0.2, -0.15) is 0 Å². The van der Waals surface area contributed by atoms with E-state index in [-0.39, 0.29) is 5.91 Å². The number of aromatic nitrogens is 2. The number of aryl methyl sites for hydroxylation is 1. The van der Waals surface area contributed by atoms with E-state index in [1.807, 2.05) is 63.4 Å². The molecule has 0 fully saturated rings. The molecule has 0 unspecified atom stereocenters. The molecule has 2 aromatic heterocycles. The lowest BCUT2D eigenvalue weighted by Crippen LogP contribution is -2.17. The van der Waals surface area contributed by atoms with Crippen LogP contribution in [0, 0.1) is 0 Å². The molecule has 6 heteroatoms. The van der Waals surface area contributed by atoms with Crippen LogP contribution >= 0.6 is 0 Å². The van der Waals surface area contributed by atoms with Gasteiger partial charge in [-0.15, -0.1) is 0 Å². The lowest BCUT2D eigenvalue weighted by Gasteiger charge is -2.12. The molecule has 2 heterocycles. The summed E-state index contributed by atoms with van der Waals surface area (Å²) in [6.45, 7) is 7.09. The molecule has 142 valence electrons. The van der Waals surface area contributed by atoms with Gasteiger partial charge in [0.2, 0.25) is 0 Å². The minimum Gasteiger partial charge on any atom is -0.491 e. The minimum absolute atomic E-state index is 0.222. The lowest BCUT2D eigenvalue weighted by atomic mass is 10.2. The second-order valence-electron chi connectivity index (χ2n) is 6.06. The zero-order valence-corrected chi connectivity index (χ0v) is 16.0. The third-order valence-electron chi connectivity index (χ3n) is 4.13. The second-order valence-corrected chi connectivity index (χ2v) is 6.06. The van der Waals surface area contributed by atoms with Gasteiger partial charge in [0.05, 0.1) is 24.6 Å². The summed E-state index contributed by atoms with van der Waals surface area (Å²) >= 11 is 0. The van der Waals surface area contributed by atoms with Gasteiger partial charge in [-0.1, -0.05) is 26.0 Å². The van der Waals surface area contributed by atoms with Gasteiger partial charge in [-0.3, -0.25) is 9.20 Å². The maximum absolute atomic E-state index is 13.1. The Balaban J connectivity index is 1.98. The van der Waals surface area contributed by atoms with Gasteiger partial charge in [-0.25, -0.2) is 4.98 Å². The predicted octanol–water partition coefficient (Wildman–Crippen LogP) is 4.34. The lowest BCUT2D eigenvalue weighted by molar-refractivity contribution is 0.102. The van der Waals surface area contributed by atoms with Crippen LogP contribution in [0.5, 0.6) is 11.5 Å². The van der Waals surface area contributed by atoms with Crippen molar-refractivity contribution >= 4 is 17.2 Å². The van der Waals surface area contributed by atoms with Crippen molar-refractivity contribution in [1.82, 2.24) is 9.38 Å². The van der Waals surface area contributed by atoms with Gasteiger partial charge < -0.3 is 14.8 Å². The number of carbonyl (C=O) groups is 1. The Morgan fingerprint density at radius 2 is 1.85 bits per heavy atom. The fraction of sp³-hybridized carbons (Fsp3) is 0.333. The van der Waals surface area contributed by atoms with Crippen LogP contribution in [0.15, 0.2) is 42.6 Å². The number of pyridine rings is 1. The van der Waals surface area contributed by atoms with Gasteiger partial charge in [0.15, 0.2) is 11.4 Å². The van der Waals surface area contributed by atoms with E-state index in [4.69, 9.17) is 9.47 Å². The number of hydrogen-bond donors (Lipinski definition) is 1. The Kier molecular flexibility index (Phi) is 5.96. The van der Waals surface area contributed by atoms with E-state index in [9.17, 15) is 4.79 Å². The fourth-order valence-corrected chi connectivity index (χ4v) is 2.93. The van der Waals surface area contributed by atoms with Gasteiger partial charge in [0.25, 0.3) is 5.91 Å². The molecule has 3 rings (SSSR count). The van der Waals surface area contributed by atoms with E-state index in [0.717, 1.165) is 12.1 Å². The molecule has 27 heavy (non-hydrogen) atoms. The number of fused-ring (bicyclic) bond motifs is 1. The molecule has 0 atom stereocenters. The van der Waals surface area contributed by atoms with E-state index in [2.05, 4.69) is 10.3 Å². The number of rotatable bonds is 8. The first-order chi connectivity index (χ1) is 13.2. The van der Waals surface area contributed by atoms with Crippen LogP contribution in [0.2, 0.25) is 0 Å². The number of para-hydroxylation sites is 2. The van der Waals surface area contributed by atoms with Crippen molar-refractivity contribution in [3.63, 3.8) is 0 Å². The monoisotopic (exact) mass is 367 g/mol. The number of hydrogen-bond acceptors (Lipinski definition) is 4. The van der Waals surface area contributed by atoms with E-state index in [0.29, 0.717) is 48.2 Å². The number of anilines is 1. The number of nitrogens with zero attached hydrogens (tertiary/aromatic N) is 2. The largest absolute Gasteiger partial charge is 0.491 e. The maximum Gasteiger partial charge on any atom is 0.274 e. The van der Waals surface area contributed by atoms with Crippen molar-refractivity contribution < 1.29 is 14.3 Å². The van der Waals surface area contributed by atoms with E-state index in [1.165, 1.54) is 0 Å². The molecular weight excluding hydrogens is 342 g/mol. The van der Waals surface area contributed by atoms with Gasteiger partial charge in [-0.05, 0) is 44.0 Å². The Labute approximate surface area is 159 Å². The standard InChI is InChI=1S/C21H25N3O3/c1-4-14-27-17-11-8-7-10-16(17)23-21(25)19-15(5-2)22-20-18(26-6-3)12-9-13-24(19)20/h7-13H,4-6,14H2,1-3H3,(H,23,25). The van der Waals surface area contributed by atoms with Gasteiger partial charge in [0.1, 0.15) is 11.4 Å². The third-order valence-corrected chi connectivity index (χ3v) is 4.13. The highest BCUT2D eigenvalue weighted by Gasteiger charge is 2.21. The van der Waals surface area contributed by atoms with Crippen LogP contribution in [-0.4, -0.2) is 28.5 Å². The van der Waals surface area contributed by atoms with Crippen molar-refractivity contribution in [3.8, 4) is 11.5 Å². The van der Waals surface area contributed by atoms with Crippen molar-refractivity contribution in [1.29, 1.82) is 0 Å². The van der Waals surface area contributed by atoms with Crippen LogP contribution in [0.1, 0.15) is 43.4 Å². The molecule has 1 N–H and O–H groups in total. The fourth-order valence-electron chi connectivity index (χ4n) is 2.93. The molecule has 1 aromatic carbocycles.